The van der Waals surface area contributed by atoms with Gasteiger partial charge in [0.1, 0.15) is 5.56 Å². The Kier molecular flexibility index (Phi) is 5.57. The summed E-state index contributed by atoms with van der Waals surface area (Å²) in [6.07, 6.45) is 6.50. The van der Waals surface area contributed by atoms with Gasteiger partial charge < -0.3 is 4.57 Å². The molecule has 0 saturated carbocycles. The average molecular weight is 450 g/mol. The number of thiazole rings is 1. The summed E-state index contributed by atoms with van der Waals surface area (Å²) >= 11 is 6.92. The van der Waals surface area contributed by atoms with Crippen LogP contribution in [0.2, 0.25) is 5.02 Å². The Balaban J connectivity index is 2.23. The number of nitro benzene ring substituents is 1. The number of nitrogens with zero attached hydrogens (tertiary/aromatic N) is 3. The monoisotopic (exact) mass is 449 g/mol. The molecule has 1 aromatic heterocycles. The fraction of sp³-hybridized carbons (Fsp3) is 0.111. The van der Waals surface area contributed by atoms with Crippen molar-refractivity contribution in [3.8, 4) is 12.3 Å². The van der Waals surface area contributed by atoms with Crippen LogP contribution in [-0.2, 0) is 16.4 Å². The molecule has 1 heterocycles. The van der Waals surface area contributed by atoms with Crippen molar-refractivity contribution >= 4 is 54.6 Å². The molecule has 0 saturated heterocycles. The molecule has 0 spiro atoms. The third-order valence-corrected chi connectivity index (χ3v) is 6.30. The second kappa shape index (κ2) is 7.79. The molecule has 0 aliphatic rings. The van der Waals surface area contributed by atoms with Crippen molar-refractivity contribution < 1.29 is 18.1 Å². The van der Waals surface area contributed by atoms with E-state index in [0.717, 1.165) is 23.7 Å². The molecule has 8 nitrogen and oxygen atoms in total. The maximum atomic E-state index is 12.7. The summed E-state index contributed by atoms with van der Waals surface area (Å²) in [7, 11) is -3.43. The molecule has 0 atom stereocenters. The number of carbonyl (C=O) groups excluding carboxylic acids is 1. The molecule has 3 aromatic rings. The lowest BCUT2D eigenvalue weighted by atomic mass is 10.2. The van der Waals surface area contributed by atoms with Gasteiger partial charge in [0.15, 0.2) is 14.6 Å². The number of fused-ring (bicyclic) bond motifs is 1. The van der Waals surface area contributed by atoms with Gasteiger partial charge in [-0.15, -0.1) is 6.42 Å². The standard InChI is InChI=1S/C18H12ClN3O5S2/c1-3-8-21-15-7-5-12(29(2,26)27)10-16(15)28-18(21)20-17(23)13-9-11(19)4-6-14(13)22(24)25/h1,4-7,9-10H,8H2,2H3. The summed E-state index contributed by atoms with van der Waals surface area (Å²) < 4.78 is 25.7. The van der Waals surface area contributed by atoms with Gasteiger partial charge in [0, 0.05) is 17.3 Å². The zero-order valence-electron chi connectivity index (χ0n) is 14.8. The first-order chi connectivity index (χ1) is 13.6. The van der Waals surface area contributed by atoms with Crippen LogP contribution < -0.4 is 4.80 Å². The molecule has 2 aromatic carbocycles. The zero-order valence-corrected chi connectivity index (χ0v) is 17.2. The van der Waals surface area contributed by atoms with E-state index in [1.807, 2.05) is 0 Å². The van der Waals surface area contributed by atoms with E-state index in [1.54, 1.807) is 10.6 Å². The quantitative estimate of drug-likeness (QED) is 0.345. The molecular formula is C18H12ClN3O5S2. The minimum absolute atomic E-state index is 0.0714. The van der Waals surface area contributed by atoms with Crippen LogP contribution in [0.1, 0.15) is 10.4 Å². The average Bonchev–Trinajstić information content (AvgIpc) is 2.97. The molecule has 0 unspecified atom stereocenters. The number of amides is 1. The van der Waals surface area contributed by atoms with E-state index in [1.165, 1.54) is 24.3 Å². The van der Waals surface area contributed by atoms with Crippen molar-refractivity contribution in [2.75, 3.05) is 6.26 Å². The molecular weight excluding hydrogens is 438 g/mol. The lowest BCUT2D eigenvalue weighted by Crippen LogP contribution is -2.17. The van der Waals surface area contributed by atoms with E-state index in [-0.39, 0.29) is 26.8 Å². The third kappa shape index (κ3) is 4.22. The smallest absolute Gasteiger partial charge is 0.286 e. The van der Waals surface area contributed by atoms with Gasteiger partial charge in [0.2, 0.25) is 0 Å². The van der Waals surface area contributed by atoms with E-state index in [4.69, 9.17) is 18.0 Å². The first kappa shape index (κ1) is 20.7. The zero-order chi connectivity index (χ0) is 21.3. The Bertz CT molecular complexity index is 1380. The first-order valence-electron chi connectivity index (χ1n) is 7.91. The predicted octanol–water partition coefficient (Wildman–Crippen LogP) is 3.04. The van der Waals surface area contributed by atoms with E-state index in [2.05, 4.69) is 10.9 Å². The minimum atomic E-state index is -3.43. The summed E-state index contributed by atoms with van der Waals surface area (Å²) in [5, 5.41) is 11.4. The van der Waals surface area contributed by atoms with Crippen molar-refractivity contribution in [1.82, 2.24) is 4.57 Å². The van der Waals surface area contributed by atoms with Crippen LogP contribution in [0.5, 0.6) is 0 Å². The van der Waals surface area contributed by atoms with Gasteiger partial charge in [-0.3, -0.25) is 14.9 Å². The van der Waals surface area contributed by atoms with Gasteiger partial charge in [-0.25, -0.2) is 8.42 Å². The second-order valence-corrected chi connectivity index (χ2v) is 9.37. The van der Waals surface area contributed by atoms with Crippen LogP contribution >= 0.6 is 22.9 Å². The minimum Gasteiger partial charge on any atom is -0.305 e. The second-order valence-electron chi connectivity index (χ2n) is 5.91. The number of rotatable bonds is 4. The van der Waals surface area contributed by atoms with E-state index in [9.17, 15) is 23.3 Å². The van der Waals surface area contributed by atoms with E-state index < -0.39 is 26.4 Å². The molecule has 0 N–H and O–H groups in total. The van der Waals surface area contributed by atoms with Gasteiger partial charge in [-0.05, 0) is 30.3 Å². The Morgan fingerprint density at radius 2 is 2.07 bits per heavy atom. The molecule has 148 valence electrons. The lowest BCUT2D eigenvalue weighted by Gasteiger charge is -2.02. The van der Waals surface area contributed by atoms with E-state index in [0.29, 0.717) is 10.2 Å². The Morgan fingerprint density at radius 1 is 1.34 bits per heavy atom. The molecule has 11 heteroatoms. The fourth-order valence-electron chi connectivity index (χ4n) is 2.60. The number of terminal acetylenes is 1. The van der Waals surface area contributed by atoms with Crippen LogP contribution in [0.25, 0.3) is 10.2 Å². The summed E-state index contributed by atoms with van der Waals surface area (Å²) in [5.74, 6) is 1.59. The fourth-order valence-corrected chi connectivity index (χ4v) is 4.56. The topological polar surface area (TPSA) is 112 Å². The molecule has 29 heavy (non-hydrogen) atoms. The largest absolute Gasteiger partial charge is 0.305 e. The van der Waals surface area contributed by atoms with Gasteiger partial charge in [-0.2, -0.15) is 4.99 Å². The molecule has 1 amide bonds. The highest BCUT2D eigenvalue weighted by atomic mass is 35.5. The van der Waals surface area contributed by atoms with Crippen LogP contribution in [0, 0.1) is 22.5 Å². The van der Waals surface area contributed by atoms with Gasteiger partial charge in [0.25, 0.3) is 11.6 Å². The third-order valence-electron chi connectivity index (χ3n) is 3.91. The molecule has 0 aliphatic heterocycles. The number of sulfone groups is 1. The van der Waals surface area contributed by atoms with Crippen molar-refractivity contribution in [3.63, 3.8) is 0 Å². The normalized spacial score (nSPS) is 12.1. The molecule has 0 bridgehead atoms. The highest BCUT2D eigenvalue weighted by molar-refractivity contribution is 7.90. The summed E-state index contributed by atoms with van der Waals surface area (Å²) in [6, 6.07) is 8.08. The number of hydrogen-bond donors (Lipinski definition) is 0. The van der Waals surface area contributed by atoms with Crippen LogP contribution in [0.4, 0.5) is 5.69 Å². The number of nitro groups is 1. The molecule has 0 fully saturated rings. The number of hydrogen-bond acceptors (Lipinski definition) is 6. The van der Waals surface area contributed by atoms with Crippen molar-refractivity contribution in [2.24, 2.45) is 4.99 Å². The molecule has 0 aliphatic carbocycles. The maximum absolute atomic E-state index is 12.7. The van der Waals surface area contributed by atoms with Gasteiger partial charge in [-0.1, -0.05) is 28.9 Å². The highest BCUT2D eigenvalue weighted by Gasteiger charge is 2.21. The van der Waals surface area contributed by atoms with E-state index >= 15 is 0 Å². The number of benzene rings is 2. The first-order valence-corrected chi connectivity index (χ1v) is 11.0. The number of aromatic nitrogens is 1. The lowest BCUT2D eigenvalue weighted by molar-refractivity contribution is -0.385. The summed E-state index contributed by atoms with van der Waals surface area (Å²) in [5.41, 5.74) is -0.0938. The molecule has 0 radical (unpaired) electrons. The van der Waals surface area contributed by atoms with Gasteiger partial charge >= 0.3 is 0 Å². The van der Waals surface area contributed by atoms with Crippen LogP contribution in [0.3, 0.4) is 0 Å². The molecule has 3 rings (SSSR count). The summed E-state index contributed by atoms with van der Waals surface area (Å²) in [4.78, 5) is 27.5. The highest BCUT2D eigenvalue weighted by Crippen LogP contribution is 2.25. The van der Waals surface area contributed by atoms with Crippen molar-refractivity contribution in [2.45, 2.75) is 11.4 Å². The predicted molar refractivity (Wildman–Crippen MR) is 110 cm³/mol. The maximum Gasteiger partial charge on any atom is 0.286 e. The van der Waals surface area contributed by atoms with Crippen LogP contribution in [-0.4, -0.2) is 30.1 Å². The Morgan fingerprint density at radius 3 is 2.69 bits per heavy atom. The van der Waals surface area contributed by atoms with Gasteiger partial charge in [0.05, 0.1) is 26.6 Å². The summed E-state index contributed by atoms with van der Waals surface area (Å²) in [6.45, 7) is 0.0714. The van der Waals surface area contributed by atoms with Crippen molar-refractivity contribution in [1.29, 1.82) is 0 Å². The SMILES string of the molecule is C#CCn1c(=NC(=O)c2cc(Cl)ccc2[N+](=O)[O-])sc2cc(S(C)(=O)=O)ccc21. The number of carbonyl (C=O) groups is 1. The Hall–Kier alpha value is -3.00. The number of halogens is 1. The van der Waals surface area contributed by atoms with Crippen molar-refractivity contribution in [3.05, 3.63) is 61.9 Å². The van der Waals surface area contributed by atoms with Crippen LogP contribution in [0.15, 0.2) is 46.3 Å². The Labute approximate surface area is 174 Å².